The lowest BCUT2D eigenvalue weighted by Crippen LogP contribution is -2.48. The summed E-state index contributed by atoms with van der Waals surface area (Å²) < 4.78 is 0. The van der Waals surface area contributed by atoms with Crippen molar-refractivity contribution in [1.82, 2.24) is 9.80 Å². The van der Waals surface area contributed by atoms with Gasteiger partial charge in [-0.25, -0.2) is 0 Å². The lowest BCUT2D eigenvalue weighted by molar-refractivity contribution is 0.0717. The van der Waals surface area contributed by atoms with E-state index in [9.17, 15) is 0 Å². The van der Waals surface area contributed by atoms with Crippen LogP contribution >= 0.6 is 11.8 Å². The van der Waals surface area contributed by atoms with Crippen molar-refractivity contribution in [2.24, 2.45) is 5.92 Å². The summed E-state index contributed by atoms with van der Waals surface area (Å²) in [5.41, 5.74) is 1.41. The summed E-state index contributed by atoms with van der Waals surface area (Å²) in [6.07, 6.45) is 5.41. The van der Waals surface area contributed by atoms with Crippen LogP contribution in [0.4, 0.5) is 0 Å². The highest BCUT2D eigenvalue weighted by atomic mass is 32.2. The van der Waals surface area contributed by atoms with Crippen LogP contribution in [0.3, 0.4) is 0 Å². The van der Waals surface area contributed by atoms with E-state index in [-0.39, 0.29) is 0 Å². The SMILES string of the molecule is CSc1cccc(CN2CC[C@@H](N(C)C)[C@@H](CCCO)C2)c1. The zero-order valence-corrected chi connectivity index (χ0v) is 15.0. The Balaban J connectivity index is 1.97. The third kappa shape index (κ3) is 4.98. The van der Waals surface area contributed by atoms with Crippen molar-refractivity contribution in [1.29, 1.82) is 0 Å². The Hall–Kier alpha value is -0.550. The van der Waals surface area contributed by atoms with Gasteiger partial charge >= 0.3 is 0 Å². The largest absolute Gasteiger partial charge is 0.396 e. The van der Waals surface area contributed by atoms with Gasteiger partial charge in [0.15, 0.2) is 0 Å². The molecule has 1 aliphatic heterocycles. The lowest BCUT2D eigenvalue weighted by Gasteiger charge is -2.41. The predicted octanol–water partition coefficient (Wildman–Crippen LogP) is 2.93. The first-order valence-electron chi connectivity index (χ1n) is 8.26. The van der Waals surface area contributed by atoms with Crippen molar-refractivity contribution in [3.05, 3.63) is 29.8 Å². The standard InChI is InChI=1S/C18H30N2OS/c1-19(2)18-9-10-20(14-16(18)7-5-11-21)13-15-6-4-8-17(12-15)22-3/h4,6,8,12,16,18,21H,5,7,9-11,13-14H2,1-3H3/t16-,18+/m0/s1. The van der Waals surface area contributed by atoms with E-state index in [1.807, 2.05) is 11.8 Å². The number of benzene rings is 1. The summed E-state index contributed by atoms with van der Waals surface area (Å²) in [5, 5.41) is 9.15. The van der Waals surface area contributed by atoms with E-state index in [0.717, 1.165) is 25.9 Å². The monoisotopic (exact) mass is 322 g/mol. The van der Waals surface area contributed by atoms with E-state index < -0.39 is 0 Å². The molecule has 1 aromatic carbocycles. The molecule has 0 radical (unpaired) electrons. The van der Waals surface area contributed by atoms with Crippen molar-refractivity contribution in [2.75, 3.05) is 40.0 Å². The van der Waals surface area contributed by atoms with E-state index in [1.54, 1.807) is 0 Å². The quantitative estimate of drug-likeness (QED) is 0.781. The number of likely N-dealkylation sites (tertiary alicyclic amines) is 1. The fourth-order valence-corrected chi connectivity index (χ4v) is 4.07. The van der Waals surface area contributed by atoms with Crippen LogP contribution in [-0.4, -0.2) is 61.0 Å². The first-order valence-corrected chi connectivity index (χ1v) is 9.49. The molecule has 1 N–H and O–H groups in total. The molecule has 1 aliphatic rings. The Kier molecular flexibility index (Phi) is 7.22. The summed E-state index contributed by atoms with van der Waals surface area (Å²) in [4.78, 5) is 6.30. The maximum Gasteiger partial charge on any atom is 0.0431 e. The van der Waals surface area contributed by atoms with E-state index in [2.05, 4.69) is 54.4 Å². The molecule has 22 heavy (non-hydrogen) atoms. The van der Waals surface area contributed by atoms with Gasteiger partial charge in [-0.1, -0.05) is 12.1 Å². The zero-order chi connectivity index (χ0) is 15.9. The fourth-order valence-electron chi connectivity index (χ4n) is 3.58. The highest BCUT2D eigenvalue weighted by Gasteiger charge is 2.30. The third-order valence-electron chi connectivity index (χ3n) is 4.71. The summed E-state index contributed by atoms with van der Waals surface area (Å²) in [7, 11) is 4.38. The first-order chi connectivity index (χ1) is 10.6. The van der Waals surface area contributed by atoms with E-state index in [4.69, 9.17) is 5.11 Å². The molecule has 2 atom stereocenters. The molecule has 0 saturated carbocycles. The molecule has 1 saturated heterocycles. The zero-order valence-electron chi connectivity index (χ0n) is 14.2. The average molecular weight is 323 g/mol. The summed E-state index contributed by atoms with van der Waals surface area (Å²) in [6, 6.07) is 9.54. The van der Waals surface area contributed by atoms with Crippen LogP contribution in [0.25, 0.3) is 0 Å². The Morgan fingerprint density at radius 1 is 1.36 bits per heavy atom. The second kappa shape index (κ2) is 8.92. The molecular formula is C18H30N2OS. The topological polar surface area (TPSA) is 26.7 Å². The van der Waals surface area contributed by atoms with E-state index >= 15 is 0 Å². The van der Waals surface area contributed by atoms with Gasteiger partial charge in [0.1, 0.15) is 0 Å². The third-order valence-corrected chi connectivity index (χ3v) is 5.44. The number of piperidine rings is 1. The maximum absolute atomic E-state index is 9.15. The van der Waals surface area contributed by atoms with Crippen molar-refractivity contribution in [2.45, 2.75) is 36.7 Å². The predicted molar refractivity (Wildman–Crippen MR) is 95.4 cm³/mol. The average Bonchev–Trinajstić information content (AvgIpc) is 2.53. The summed E-state index contributed by atoms with van der Waals surface area (Å²) >= 11 is 1.81. The van der Waals surface area contributed by atoms with Gasteiger partial charge in [0, 0.05) is 30.6 Å². The van der Waals surface area contributed by atoms with Crippen LogP contribution in [0.5, 0.6) is 0 Å². The molecule has 2 rings (SSSR count). The first kappa shape index (κ1) is 17.8. The molecule has 0 bridgehead atoms. The molecule has 3 nitrogen and oxygen atoms in total. The molecule has 0 aliphatic carbocycles. The van der Waals surface area contributed by atoms with Gasteiger partial charge < -0.3 is 10.0 Å². The van der Waals surface area contributed by atoms with Crippen LogP contribution in [0.15, 0.2) is 29.2 Å². The Morgan fingerprint density at radius 3 is 2.86 bits per heavy atom. The molecule has 0 aromatic heterocycles. The highest BCUT2D eigenvalue weighted by molar-refractivity contribution is 7.98. The second-order valence-electron chi connectivity index (χ2n) is 6.53. The van der Waals surface area contributed by atoms with Crippen molar-refractivity contribution < 1.29 is 5.11 Å². The Morgan fingerprint density at radius 2 is 2.18 bits per heavy atom. The molecule has 0 unspecified atom stereocenters. The normalized spacial score (nSPS) is 23.1. The van der Waals surface area contributed by atoms with Crippen LogP contribution in [-0.2, 0) is 6.54 Å². The molecule has 0 amide bonds. The van der Waals surface area contributed by atoms with Gasteiger partial charge in [0.25, 0.3) is 0 Å². The molecule has 1 aromatic rings. The number of thioether (sulfide) groups is 1. The summed E-state index contributed by atoms with van der Waals surface area (Å²) in [5.74, 6) is 0.666. The smallest absolute Gasteiger partial charge is 0.0431 e. The molecule has 4 heteroatoms. The number of hydrogen-bond donors (Lipinski definition) is 1. The second-order valence-corrected chi connectivity index (χ2v) is 7.41. The van der Waals surface area contributed by atoms with Crippen LogP contribution in [0.1, 0.15) is 24.8 Å². The fraction of sp³-hybridized carbons (Fsp3) is 0.667. The van der Waals surface area contributed by atoms with Crippen molar-refractivity contribution >= 4 is 11.8 Å². The van der Waals surface area contributed by atoms with Gasteiger partial charge in [-0.05, 0) is 69.8 Å². The van der Waals surface area contributed by atoms with Gasteiger partial charge in [-0.15, -0.1) is 11.8 Å². The van der Waals surface area contributed by atoms with Crippen LogP contribution < -0.4 is 0 Å². The number of nitrogens with zero attached hydrogens (tertiary/aromatic N) is 2. The van der Waals surface area contributed by atoms with Crippen molar-refractivity contribution in [3.63, 3.8) is 0 Å². The number of rotatable bonds is 7. The van der Waals surface area contributed by atoms with Gasteiger partial charge in [-0.3, -0.25) is 4.90 Å². The minimum Gasteiger partial charge on any atom is -0.396 e. The molecule has 124 valence electrons. The number of aliphatic hydroxyl groups is 1. The minimum atomic E-state index is 0.312. The molecule has 1 fully saturated rings. The van der Waals surface area contributed by atoms with Gasteiger partial charge in [0.2, 0.25) is 0 Å². The molecular weight excluding hydrogens is 292 g/mol. The Labute approximate surface area is 139 Å². The van der Waals surface area contributed by atoms with E-state index in [1.165, 1.54) is 23.4 Å². The summed E-state index contributed by atoms with van der Waals surface area (Å²) in [6.45, 7) is 3.67. The highest BCUT2D eigenvalue weighted by Crippen LogP contribution is 2.26. The lowest BCUT2D eigenvalue weighted by atomic mass is 9.87. The minimum absolute atomic E-state index is 0.312. The van der Waals surface area contributed by atoms with E-state index in [0.29, 0.717) is 18.6 Å². The Bertz CT molecular complexity index is 452. The number of aliphatic hydroxyl groups excluding tert-OH is 1. The van der Waals surface area contributed by atoms with Crippen LogP contribution in [0, 0.1) is 5.92 Å². The van der Waals surface area contributed by atoms with Crippen LogP contribution in [0.2, 0.25) is 0 Å². The van der Waals surface area contributed by atoms with Crippen molar-refractivity contribution in [3.8, 4) is 0 Å². The number of hydrogen-bond acceptors (Lipinski definition) is 4. The van der Waals surface area contributed by atoms with Gasteiger partial charge in [0.05, 0.1) is 0 Å². The molecule has 1 heterocycles. The molecule has 0 spiro atoms. The maximum atomic E-state index is 9.15. The van der Waals surface area contributed by atoms with Gasteiger partial charge in [-0.2, -0.15) is 0 Å².